The molecule has 0 saturated heterocycles. The van der Waals surface area contributed by atoms with Crippen LogP contribution < -0.4 is 0 Å². The predicted molar refractivity (Wildman–Crippen MR) is 96.2 cm³/mol. The highest BCUT2D eigenvalue weighted by Gasteiger charge is 2.76. The smallest absolute Gasteiger partial charge is 0.348 e. The van der Waals surface area contributed by atoms with Gasteiger partial charge in [0.05, 0.1) is 16.0 Å². The Morgan fingerprint density at radius 2 is 1.72 bits per heavy atom. The van der Waals surface area contributed by atoms with Gasteiger partial charge >= 0.3 is 13.6 Å². The molecule has 0 heterocycles. The van der Waals surface area contributed by atoms with Crippen LogP contribution in [0.25, 0.3) is 0 Å². The summed E-state index contributed by atoms with van der Waals surface area (Å²) in [6.07, 6.45) is 0.126. The SMILES string of the molecule is COP(=O)(OC)[C@@]1(C(=O)OC(C)(C)C)C[C@@H]1S(=O)c1ccc(C)cc1. The topological polar surface area (TPSA) is 78.9 Å². The molecule has 1 aliphatic rings. The lowest BCUT2D eigenvalue weighted by atomic mass is 10.2. The van der Waals surface area contributed by atoms with Crippen molar-refractivity contribution in [2.24, 2.45) is 0 Å². The van der Waals surface area contributed by atoms with Crippen molar-refractivity contribution in [1.29, 1.82) is 0 Å². The van der Waals surface area contributed by atoms with Gasteiger partial charge < -0.3 is 13.8 Å². The molecule has 0 amide bonds. The second-order valence-corrected chi connectivity index (χ2v) is 11.3. The van der Waals surface area contributed by atoms with Gasteiger partial charge in [-0.2, -0.15) is 0 Å². The highest BCUT2D eigenvalue weighted by atomic mass is 32.2. The van der Waals surface area contributed by atoms with Gasteiger partial charge in [0.25, 0.3) is 0 Å². The van der Waals surface area contributed by atoms with Gasteiger partial charge in [0.2, 0.25) is 0 Å². The molecule has 0 bridgehead atoms. The van der Waals surface area contributed by atoms with E-state index in [0.29, 0.717) is 4.90 Å². The fraction of sp³-hybridized carbons (Fsp3) is 0.588. The Morgan fingerprint density at radius 3 is 2.16 bits per heavy atom. The highest BCUT2D eigenvalue weighted by Crippen LogP contribution is 2.72. The summed E-state index contributed by atoms with van der Waals surface area (Å²) in [5, 5.41) is -2.23. The molecular weight excluding hydrogens is 363 g/mol. The summed E-state index contributed by atoms with van der Waals surface area (Å²) in [6, 6.07) is 7.18. The number of carbonyl (C=O) groups is 1. The Morgan fingerprint density at radius 1 is 1.20 bits per heavy atom. The quantitative estimate of drug-likeness (QED) is 0.549. The van der Waals surface area contributed by atoms with Crippen LogP contribution in [-0.4, -0.2) is 40.4 Å². The first-order chi connectivity index (χ1) is 11.5. The van der Waals surface area contributed by atoms with Gasteiger partial charge in [-0.1, -0.05) is 17.7 Å². The number of ether oxygens (including phenoxy) is 1. The first kappa shape index (κ1) is 20.3. The minimum atomic E-state index is -3.82. The second-order valence-electron chi connectivity index (χ2n) is 7.09. The average Bonchev–Trinajstić information content (AvgIpc) is 3.30. The third-order valence-corrected chi connectivity index (χ3v) is 8.72. The molecule has 0 aromatic heterocycles. The zero-order valence-electron chi connectivity index (χ0n) is 15.4. The van der Waals surface area contributed by atoms with Crippen LogP contribution in [0.2, 0.25) is 0 Å². The van der Waals surface area contributed by atoms with Gasteiger partial charge in [0, 0.05) is 19.1 Å². The standard InChI is InChI=1S/C17H25O6PS/c1-12-7-9-13(10-8-12)25(20)14-11-17(14,24(19,21-5)22-6)15(18)23-16(2,3)4/h7-10,14H,11H2,1-6H3/t14-,17-,25?/m0/s1. The van der Waals surface area contributed by atoms with Gasteiger partial charge in [-0.3, -0.25) is 13.6 Å². The zero-order chi connectivity index (χ0) is 19.0. The number of esters is 1. The van der Waals surface area contributed by atoms with E-state index in [1.165, 1.54) is 14.2 Å². The summed E-state index contributed by atoms with van der Waals surface area (Å²) in [5.41, 5.74) is 0.268. The number of aryl methyl sites for hydroxylation is 1. The van der Waals surface area contributed by atoms with E-state index in [9.17, 15) is 13.6 Å². The van der Waals surface area contributed by atoms with E-state index >= 15 is 0 Å². The molecule has 1 aromatic rings. The monoisotopic (exact) mass is 388 g/mol. The Balaban J connectivity index is 2.40. The van der Waals surface area contributed by atoms with E-state index in [1.807, 2.05) is 19.1 Å². The molecule has 6 nitrogen and oxygen atoms in total. The molecule has 2 rings (SSSR count). The van der Waals surface area contributed by atoms with Crippen molar-refractivity contribution in [3.05, 3.63) is 29.8 Å². The molecule has 0 spiro atoms. The Labute approximate surface area is 151 Å². The van der Waals surface area contributed by atoms with Crippen molar-refractivity contribution in [3.63, 3.8) is 0 Å². The molecule has 1 aliphatic carbocycles. The van der Waals surface area contributed by atoms with E-state index in [1.54, 1.807) is 32.9 Å². The second kappa shape index (κ2) is 6.95. The summed E-state index contributed by atoms with van der Waals surface area (Å²) in [6.45, 7) is 7.09. The third-order valence-electron chi connectivity index (χ3n) is 4.10. The Bertz CT molecular complexity index is 716. The lowest BCUT2D eigenvalue weighted by Gasteiger charge is -2.28. The maximum absolute atomic E-state index is 13.1. The number of rotatable bonds is 6. The fourth-order valence-electron chi connectivity index (χ4n) is 2.69. The molecule has 1 fully saturated rings. The van der Waals surface area contributed by atoms with Gasteiger partial charge in [0.1, 0.15) is 5.60 Å². The van der Waals surface area contributed by atoms with Crippen LogP contribution in [0.4, 0.5) is 0 Å². The van der Waals surface area contributed by atoms with Crippen LogP contribution in [0.1, 0.15) is 32.8 Å². The van der Waals surface area contributed by atoms with E-state index < -0.39 is 40.4 Å². The van der Waals surface area contributed by atoms with Gasteiger partial charge in [0.15, 0.2) is 5.16 Å². The van der Waals surface area contributed by atoms with Crippen LogP contribution >= 0.6 is 7.60 Å². The lowest BCUT2D eigenvalue weighted by molar-refractivity contribution is -0.155. The molecule has 1 aromatic carbocycles. The molecular formula is C17H25O6PS. The van der Waals surface area contributed by atoms with Gasteiger partial charge in [-0.05, 0) is 46.2 Å². The number of hydrogen-bond acceptors (Lipinski definition) is 6. The van der Waals surface area contributed by atoms with Crippen LogP contribution in [0.5, 0.6) is 0 Å². The van der Waals surface area contributed by atoms with Crippen LogP contribution in [-0.2, 0) is 33.9 Å². The first-order valence-electron chi connectivity index (χ1n) is 7.93. The largest absolute Gasteiger partial charge is 0.459 e. The molecule has 0 aliphatic heterocycles. The minimum Gasteiger partial charge on any atom is -0.459 e. The summed E-state index contributed by atoms with van der Waals surface area (Å²) < 4.78 is 41.6. The zero-order valence-corrected chi connectivity index (χ0v) is 17.1. The Hall–Kier alpha value is -1.01. The first-order valence-corrected chi connectivity index (χ1v) is 10.7. The van der Waals surface area contributed by atoms with E-state index in [4.69, 9.17) is 13.8 Å². The maximum Gasteiger partial charge on any atom is 0.348 e. The van der Waals surface area contributed by atoms with Crippen molar-refractivity contribution in [2.75, 3.05) is 14.2 Å². The van der Waals surface area contributed by atoms with E-state index in [-0.39, 0.29) is 6.42 Å². The molecule has 25 heavy (non-hydrogen) atoms. The normalized spacial score (nSPS) is 24.6. The minimum absolute atomic E-state index is 0.126. The van der Waals surface area contributed by atoms with Gasteiger partial charge in [-0.25, -0.2) is 0 Å². The summed E-state index contributed by atoms with van der Waals surface area (Å²) >= 11 is 0. The van der Waals surface area contributed by atoms with Crippen LogP contribution in [0.15, 0.2) is 29.2 Å². The number of benzene rings is 1. The molecule has 8 heteroatoms. The lowest BCUT2D eigenvalue weighted by Crippen LogP contribution is -2.37. The van der Waals surface area contributed by atoms with E-state index in [0.717, 1.165) is 5.56 Å². The van der Waals surface area contributed by atoms with Gasteiger partial charge in [-0.15, -0.1) is 0 Å². The van der Waals surface area contributed by atoms with Crippen LogP contribution in [0, 0.1) is 6.92 Å². The van der Waals surface area contributed by atoms with Crippen molar-refractivity contribution in [1.82, 2.24) is 0 Å². The van der Waals surface area contributed by atoms with Crippen molar-refractivity contribution in [3.8, 4) is 0 Å². The molecule has 0 radical (unpaired) electrons. The predicted octanol–water partition coefficient (Wildman–Crippen LogP) is 3.44. The Kier molecular flexibility index (Phi) is 5.65. The molecule has 1 unspecified atom stereocenters. The maximum atomic E-state index is 13.1. The average molecular weight is 388 g/mol. The van der Waals surface area contributed by atoms with Crippen molar-refractivity contribution >= 4 is 24.4 Å². The fourth-order valence-corrected chi connectivity index (χ4v) is 6.92. The summed E-state index contributed by atoms with van der Waals surface area (Å²) in [5.74, 6) is -0.697. The number of carbonyl (C=O) groups excluding carboxylic acids is 1. The summed E-state index contributed by atoms with van der Waals surface area (Å²) in [4.78, 5) is 13.4. The molecule has 3 atom stereocenters. The summed E-state index contributed by atoms with van der Waals surface area (Å²) in [7, 11) is -2.91. The van der Waals surface area contributed by atoms with E-state index in [2.05, 4.69) is 0 Å². The molecule has 0 N–H and O–H groups in total. The van der Waals surface area contributed by atoms with Crippen molar-refractivity contribution in [2.45, 2.75) is 55.0 Å². The molecule has 1 saturated carbocycles. The van der Waals surface area contributed by atoms with Crippen LogP contribution in [0.3, 0.4) is 0 Å². The van der Waals surface area contributed by atoms with Crippen molar-refractivity contribution < 1.29 is 27.4 Å². The highest BCUT2D eigenvalue weighted by molar-refractivity contribution is 7.87. The number of hydrogen-bond donors (Lipinski definition) is 0. The molecule has 140 valence electrons. The third kappa shape index (κ3) is 3.75.